The van der Waals surface area contributed by atoms with E-state index in [-0.39, 0.29) is 12.5 Å². The van der Waals surface area contributed by atoms with E-state index in [1.807, 2.05) is 11.0 Å². The van der Waals surface area contributed by atoms with Crippen molar-refractivity contribution in [3.05, 3.63) is 21.4 Å². The maximum absolute atomic E-state index is 12.3. The Morgan fingerprint density at radius 1 is 1.59 bits per heavy atom. The molecule has 0 atom stereocenters. The van der Waals surface area contributed by atoms with Gasteiger partial charge in [0.15, 0.2) is 0 Å². The molecule has 17 heavy (non-hydrogen) atoms. The number of amides is 1. The lowest BCUT2D eigenvalue weighted by Gasteiger charge is -2.20. The number of rotatable bonds is 5. The fourth-order valence-corrected chi connectivity index (χ4v) is 3.13. The van der Waals surface area contributed by atoms with Crippen LogP contribution in [-0.2, 0) is 6.42 Å². The van der Waals surface area contributed by atoms with Gasteiger partial charge in [0.05, 0.1) is 11.5 Å². The maximum atomic E-state index is 12.3. The molecular formula is C13H19NO2S. The molecule has 0 radical (unpaired) electrons. The highest BCUT2D eigenvalue weighted by molar-refractivity contribution is 7.14. The summed E-state index contributed by atoms with van der Waals surface area (Å²) in [5, 5.41) is 9.02. The molecule has 1 aliphatic carbocycles. The maximum Gasteiger partial charge on any atom is 0.264 e. The number of hydrogen-bond donors (Lipinski definition) is 1. The first-order valence-corrected chi connectivity index (χ1v) is 7.00. The van der Waals surface area contributed by atoms with Gasteiger partial charge in [-0.25, -0.2) is 0 Å². The average molecular weight is 253 g/mol. The Labute approximate surface area is 106 Å². The number of hydrogen-bond acceptors (Lipinski definition) is 3. The molecule has 1 saturated carbocycles. The van der Waals surface area contributed by atoms with Gasteiger partial charge in [-0.2, -0.15) is 0 Å². The quantitative estimate of drug-likeness (QED) is 0.874. The van der Waals surface area contributed by atoms with E-state index in [0.29, 0.717) is 12.6 Å². The highest BCUT2D eigenvalue weighted by atomic mass is 32.1. The van der Waals surface area contributed by atoms with Crippen LogP contribution in [-0.4, -0.2) is 35.1 Å². The van der Waals surface area contributed by atoms with Crippen LogP contribution in [0.5, 0.6) is 0 Å². The molecule has 1 aliphatic rings. The minimum Gasteiger partial charge on any atom is -0.395 e. The molecular weight excluding hydrogens is 234 g/mol. The average Bonchev–Trinajstić information content (AvgIpc) is 3.08. The molecule has 0 saturated heterocycles. The second kappa shape index (κ2) is 5.19. The van der Waals surface area contributed by atoms with Crippen LogP contribution in [0.3, 0.4) is 0 Å². The smallest absolute Gasteiger partial charge is 0.264 e. The van der Waals surface area contributed by atoms with Crippen molar-refractivity contribution in [2.45, 2.75) is 39.2 Å². The van der Waals surface area contributed by atoms with Crippen molar-refractivity contribution in [3.8, 4) is 0 Å². The van der Waals surface area contributed by atoms with Gasteiger partial charge in [0.2, 0.25) is 0 Å². The summed E-state index contributed by atoms with van der Waals surface area (Å²) in [6.45, 7) is 4.67. The largest absolute Gasteiger partial charge is 0.395 e. The first-order valence-electron chi connectivity index (χ1n) is 6.18. The fraction of sp³-hybridized carbons (Fsp3) is 0.615. The SMILES string of the molecule is CCc1sc(C(=O)N(CCO)C2CC2)cc1C. The first-order chi connectivity index (χ1) is 8.17. The van der Waals surface area contributed by atoms with Crippen molar-refractivity contribution in [2.24, 2.45) is 0 Å². The summed E-state index contributed by atoms with van der Waals surface area (Å²) in [5.74, 6) is 0.0920. The van der Waals surface area contributed by atoms with Crippen molar-refractivity contribution in [3.63, 3.8) is 0 Å². The van der Waals surface area contributed by atoms with E-state index in [1.165, 1.54) is 10.4 Å². The summed E-state index contributed by atoms with van der Waals surface area (Å²) in [6, 6.07) is 2.35. The van der Waals surface area contributed by atoms with E-state index in [4.69, 9.17) is 5.11 Å². The highest BCUT2D eigenvalue weighted by Gasteiger charge is 2.33. The van der Waals surface area contributed by atoms with Crippen molar-refractivity contribution in [1.29, 1.82) is 0 Å². The van der Waals surface area contributed by atoms with Gasteiger partial charge in [0.1, 0.15) is 0 Å². The van der Waals surface area contributed by atoms with Gasteiger partial charge < -0.3 is 10.0 Å². The van der Waals surface area contributed by atoms with Crippen LogP contribution in [0.4, 0.5) is 0 Å². The number of aliphatic hydroxyl groups excluding tert-OH is 1. The zero-order valence-corrected chi connectivity index (χ0v) is 11.2. The van der Waals surface area contributed by atoms with E-state index in [9.17, 15) is 4.79 Å². The van der Waals surface area contributed by atoms with Crippen LogP contribution in [0, 0.1) is 6.92 Å². The molecule has 1 amide bonds. The van der Waals surface area contributed by atoms with Crippen molar-refractivity contribution >= 4 is 17.2 Å². The van der Waals surface area contributed by atoms with Gasteiger partial charge in [-0.1, -0.05) is 6.92 Å². The fourth-order valence-electron chi connectivity index (χ4n) is 2.06. The lowest BCUT2D eigenvalue weighted by atomic mass is 10.2. The Morgan fingerprint density at radius 3 is 2.76 bits per heavy atom. The highest BCUT2D eigenvalue weighted by Crippen LogP contribution is 2.30. The Morgan fingerprint density at radius 2 is 2.29 bits per heavy atom. The van der Waals surface area contributed by atoms with E-state index < -0.39 is 0 Å². The van der Waals surface area contributed by atoms with Crippen LogP contribution in [0.1, 0.15) is 39.9 Å². The van der Waals surface area contributed by atoms with Gasteiger partial charge in [0, 0.05) is 17.5 Å². The number of thiophene rings is 1. The molecule has 1 aromatic rings. The number of aliphatic hydroxyl groups is 1. The van der Waals surface area contributed by atoms with Gasteiger partial charge in [-0.05, 0) is 37.8 Å². The molecule has 0 aromatic carbocycles. The van der Waals surface area contributed by atoms with Crippen molar-refractivity contribution in [2.75, 3.05) is 13.2 Å². The third-order valence-corrected chi connectivity index (χ3v) is 4.51. The zero-order chi connectivity index (χ0) is 12.4. The molecule has 1 heterocycles. The second-order valence-electron chi connectivity index (χ2n) is 4.52. The predicted octanol–water partition coefficient (Wildman–Crippen LogP) is 2.22. The first kappa shape index (κ1) is 12.6. The third kappa shape index (κ3) is 2.69. The molecule has 0 unspecified atom stereocenters. The summed E-state index contributed by atoms with van der Waals surface area (Å²) in [6.07, 6.45) is 3.14. The van der Waals surface area contributed by atoms with Gasteiger partial charge in [0.25, 0.3) is 5.91 Å². The number of carbonyl (C=O) groups excluding carboxylic acids is 1. The van der Waals surface area contributed by atoms with E-state index in [0.717, 1.165) is 24.1 Å². The normalized spacial score (nSPS) is 15.0. The van der Waals surface area contributed by atoms with Crippen LogP contribution in [0.15, 0.2) is 6.07 Å². The van der Waals surface area contributed by atoms with Crippen molar-refractivity contribution in [1.82, 2.24) is 4.90 Å². The Kier molecular flexibility index (Phi) is 3.84. The van der Waals surface area contributed by atoms with E-state index in [1.54, 1.807) is 11.3 Å². The monoisotopic (exact) mass is 253 g/mol. The molecule has 0 spiro atoms. The van der Waals surface area contributed by atoms with Gasteiger partial charge in [-0.15, -0.1) is 11.3 Å². The molecule has 1 aromatic heterocycles. The molecule has 0 bridgehead atoms. The van der Waals surface area contributed by atoms with E-state index >= 15 is 0 Å². The molecule has 3 nitrogen and oxygen atoms in total. The number of nitrogens with zero attached hydrogens (tertiary/aromatic N) is 1. The zero-order valence-electron chi connectivity index (χ0n) is 10.4. The minimum absolute atomic E-state index is 0.0488. The van der Waals surface area contributed by atoms with Crippen LogP contribution in [0.2, 0.25) is 0 Å². The minimum atomic E-state index is 0.0488. The van der Waals surface area contributed by atoms with Gasteiger partial charge in [-0.3, -0.25) is 4.79 Å². The topological polar surface area (TPSA) is 40.5 Å². The Bertz CT molecular complexity index is 410. The molecule has 4 heteroatoms. The summed E-state index contributed by atoms with van der Waals surface area (Å²) in [7, 11) is 0. The Balaban J connectivity index is 2.16. The van der Waals surface area contributed by atoms with Crippen LogP contribution < -0.4 is 0 Å². The van der Waals surface area contributed by atoms with Crippen molar-refractivity contribution < 1.29 is 9.90 Å². The third-order valence-electron chi connectivity index (χ3n) is 3.14. The Hall–Kier alpha value is -0.870. The summed E-state index contributed by atoms with van der Waals surface area (Å²) >= 11 is 1.59. The van der Waals surface area contributed by atoms with Crippen LogP contribution in [0.25, 0.3) is 0 Å². The standard InChI is InChI=1S/C13H19NO2S/c1-3-11-9(2)8-12(17-11)13(16)14(6-7-15)10-4-5-10/h8,10,15H,3-7H2,1-2H3. The predicted molar refractivity (Wildman–Crippen MR) is 69.6 cm³/mol. The molecule has 1 N–H and O–H groups in total. The summed E-state index contributed by atoms with van der Waals surface area (Å²) in [4.78, 5) is 16.3. The summed E-state index contributed by atoms with van der Waals surface area (Å²) in [5.41, 5.74) is 1.21. The molecule has 94 valence electrons. The molecule has 1 fully saturated rings. The summed E-state index contributed by atoms with van der Waals surface area (Å²) < 4.78 is 0. The molecule has 0 aliphatic heterocycles. The lowest BCUT2D eigenvalue weighted by Crippen LogP contribution is -2.35. The van der Waals surface area contributed by atoms with Gasteiger partial charge >= 0.3 is 0 Å². The van der Waals surface area contributed by atoms with Crippen LogP contribution >= 0.6 is 11.3 Å². The second-order valence-corrected chi connectivity index (χ2v) is 5.66. The number of carbonyl (C=O) groups is 1. The lowest BCUT2D eigenvalue weighted by molar-refractivity contribution is 0.0712. The molecule has 2 rings (SSSR count). The number of aryl methyl sites for hydroxylation is 2. The van der Waals surface area contributed by atoms with E-state index in [2.05, 4.69) is 13.8 Å².